The SMILES string of the molecule is CN(CCc1ccccc1)Cc1ccc(C2NC=C3C=CC(=O)NC4=C3N2CC4)cc1. The number of allylic oxidation sites excluding steroid dienone is 1. The van der Waals surface area contributed by atoms with Crippen LogP contribution in [0.25, 0.3) is 0 Å². The van der Waals surface area contributed by atoms with Gasteiger partial charge in [-0.2, -0.15) is 0 Å². The smallest absolute Gasteiger partial charge is 0.248 e. The third-order valence-corrected chi connectivity index (χ3v) is 6.22. The molecule has 0 saturated heterocycles. The number of hydrogen-bond acceptors (Lipinski definition) is 4. The van der Waals surface area contributed by atoms with Gasteiger partial charge in [0.05, 0.1) is 5.70 Å². The van der Waals surface area contributed by atoms with Gasteiger partial charge in [-0.1, -0.05) is 54.6 Å². The molecule has 1 amide bonds. The fourth-order valence-corrected chi connectivity index (χ4v) is 4.60. The second kappa shape index (κ2) is 8.44. The molecule has 1 atom stereocenters. The minimum Gasteiger partial charge on any atom is -0.367 e. The Morgan fingerprint density at radius 1 is 1.03 bits per heavy atom. The maximum Gasteiger partial charge on any atom is 0.248 e. The van der Waals surface area contributed by atoms with Gasteiger partial charge in [-0.15, -0.1) is 0 Å². The highest BCUT2D eigenvalue weighted by molar-refractivity contribution is 5.90. The summed E-state index contributed by atoms with van der Waals surface area (Å²) in [5.74, 6) is -0.0445. The monoisotopic (exact) mass is 412 g/mol. The van der Waals surface area contributed by atoms with Crippen molar-refractivity contribution in [3.63, 3.8) is 0 Å². The Bertz CT molecular complexity index is 1050. The Balaban J connectivity index is 1.25. The zero-order chi connectivity index (χ0) is 21.2. The molecule has 5 nitrogen and oxygen atoms in total. The summed E-state index contributed by atoms with van der Waals surface area (Å²) in [5.41, 5.74) is 7.18. The molecule has 3 aliphatic rings. The van der Waals surface area contributed by atoms with Gasteiger partial charge in [0.15, 0.2) is 0 Å². The van der Waals surface area contributed by atoms with Crippen LogP contribution in [-0.4, -0.2) is 35.8 Å². The zero-order valence-electron chi connectivity index (χ0n) is 17.8. The van der Waals surface area contributed by atoms with Crippen LogP contribution in [-0.2, 0) is 17.8 Å². The molecule has 31 heavy (non-hydrogen) atoms. The van der Waals surface area contributed by atoms with Crippen molar-refractivity contribution in [3.8, 4) is 0 Å². The van der Waals surface area contributed by atoms with Crippen LogP contribution in [0.4, 0.5) is 0 Å². The van der Waals surface area contributed by atoms with Crippen LogP contribution in [0.3, 0.4) is 0 Å². The van der Waals surface area contributed by atoms with E-state index in [0.717, 1.165) is 49.4 Å². The fraction of sp³-hybridized carbons (Fsp3) is 0.269. The normalized spacial score (nSPS) is 19.7. The molecular weight excluding hydrogens is 384 g/mol. The fourth-order valence-electron chi connectivity index (χ4n) is 4.60. The van der Waals surface area contributed by atoms with Crippen molar-refractivity contribution < 1.29 is 4.79 Å². The van der Waals surface area contributed by atoms with Crippen LogP contribution in [0.1, 0.15) is 29.3 Å². The number of benzene rings is 2. The molecule has 2 aromatic rings. The molecule has 3 heterocycles. The van der Waals surface area contributed by atoms with Crippen molar-refractivity contribution in [3.05, 3.63) is 107 Å². The van der Waals surface area contributed by atoms with Crippen LogP contribution >= 0.6 is 0 Å². The summed E-state index contributed by atoms with van der Waals surface area (Å²) in [4.78, 5) is 16.6. The summed E-state index contributed by atoms with van der Waals surface area (Å²) in [6, 6.07) is 19.6. The predicted octanol–water partition coefficient (Wildman–Crippen LogP) is 3.45. The first-order valence-electron chi connectivity index (χ1n) is 10.9. The highest BCUT2D eigenvalue weighted by Gasteiger charge is 2.34. The van der Waals surface area contributed by atoms with E-state index in [1.165, 1.54) is 16.7 Å². The van der Waals surface area contributed by atoms with Crippen molar-refractivity contribution in [1.82, 2.24) is 20.4 Å². The summed E-state index contributed by atoms with van der Waals surface area (Å²) in [5, 5.41) is 6.57. The van der Waals surface area contributed by atoms with Gasteiger partial charge in [0.1, 0.15) is 6.17 Å². The average Bonchev–Trinajstić information content (AvgIpc) is 3.13. The Morgan fingerprint density at radius 2 is 1.84 bits per heavy atom. The molecule has 2 N–H and O–H groups in total. The lowest BCUT2D eigenvalue weighted by Crippen LogP contribution is -2.38. The molecule has 0 radical (unpaired) electrons. The van der Waals surface area contributed by atoms with Crippen LogP contribution in [0, 0.1) is 0 Å². The van der Waals surface area contributed by atoms with E-state index in [9.17, 15) is 4.79 Å². The first-order valence-corrected chi connectivity index (χ1v) is 10.9. The molecule has 0 aromatic heterocycles. The summed E-state index contributed by atoms with van der Waals surface area (Å²) < 4.78 is 0. The van der Waals surface area contributed by atoms with Crippen molar-refractivity contribution in [2.75, 3.05) is 20.1 Å². The van der Waals surface area contributed by atoms with Gasteiger partial charge in [0.25, 0.3) is 0 Å². The molecular formula is C26H28N4O. The number of carbonyl (C=O) groups excluding carboxylic acids is 1. The highest BCUT2D eigenvalue weighted by atomic mass is 16.1. The molecule has 5 rings (SSSR count). The summed E-state index contributed by atoms with van der Waals surface area (Å²) in [6.45, 7) is 2.87. The van der Waals surface area contributed by atoms with Crippen molar-refractivity contribution >= 4 is 5.91 Å². The van der Waals surface area contributed by atoms with E-state index >= 15 is 0 Å². The van der Waals surface area contributed by atoms with Gasteiger partial charge in [-0.25, -0.2) is 0 Å². The van der Waals surface area contributed by atoms with E-state index in [2.05, 4.69) is 82.1 Å². The summed E-state index contributed by atoms with van der Waals surface area (Å²) in [6.07, 6.45) is 7.55. The van der Waals surface area contributed by atoms with Crippen molar-refractivity contribution in [1.29, 1.82) is 0 Å². The second-order valence-electron chi connectivity index (χ2n) is 8.48. The summed E-state index contributed by atoms with van der Waals surface area (Å²) >= 11 is 0. The Labute approximate surface area is 183 Å². The lowest BCUT2D eigenvalue weighted by molar-refractivity contribution is -0.115. The van der Waals surface area contributed by atoms with E-state index in [1.54, 1.807) is 6.08 Å². The minimum atomic E-state index is -0.0445. The molecule has 0 fully saturated rings. The molecule has 3 aliphatic heterocycles. The lowest BCUT2D eigenvalue weighted by atomic mass is 10.0. The number of carbonyl (C=O) groups is 1. The van der Waals surface area contributed by atoms with E-state index in [4.69, 9.17) is 0 Å². The number of hydrogen-bond donors (Lipinski definition) is 2. The number of nitrogens with zero attached hydrogens (tertiary/aromatic N) is 2. The summed E-state index contributed by atoms with van der Waals surface area (Å²) in [7, 11) is 2.18. The predicted molar refractivity (Wildman–Crippen MR) is 123 cm³/mol. The Kier molecular flexibility index (Phi) is 5.35. The number of likely N-dealkylation sites (N-methyl/N-ethyl adjacent to an activating group) is 1. The number of rotatable bonds is 6. The molecule has 158 valence electrons. The van der Waals surface area contributed by atoms with Crippen molar-refractivity contribution in [2.24, 2.45) is 0 Å². The Hall–Kier alpha value is -3.31. The zero-order valence-corrected chi connectivity index (χ0v) is 17.8. The number of amides is 1. The molecule has 0 spiro atoms. The van der Waals surface area contributed by atoms with Crippen LogP contribution in [0.15, 0.2) is 89.9 Å². The average molecular weight is 413 g/mol. The maximum atomic E-state index is 11.9. The maximum absolute atomic E-state index is 11.9. The van der Waals surface area contributed by atoms with Crippen molar-refractivity contribution in [2.45, 2.75) is 25.6 Å². The first kappa shape index (κ1) is 19.6. The van der Waals surface area contributed by atoms with Crippen LogP contribution < -0.4 is 10.6 Å². The van der Waals surface area contributed by atoms with E-state index in [-0.39, 0.29) is 12.1 Å². The molecule has 0 aliphatic carbocycles. The highest BCUT2D eigenvalue weighted by Crippen LogP contribution is 2.38. The number of nitrogens with one attached hydrogen (secondary N) is 2. The quantitative estimate of drug-likeness (QED) is 0.763. The van der Waals surface area contributed by atoms with Crippen LogP contribution in [0.5, 0.6) is 0 Å². The molecule has 2 aromatic carbocycles. The first-order chi connectivity index (χ1) is 15.2. The van der Waals surface area contributed by atoms with E-state index in [1.807, 2.05) is 12.3 Å². The van der Waals surface area contributed by atoms with Gasteiger partial charge < -0.3 is 20.4 Å². The standard InChI is InChI=1S/C26H28N4O/c1-29(15-13-19-5-3-2-4-6-19)18-20-7-9-21(10-8-20)26-27-17-22-11-12-24(31)28-23-14-16-30(26)25(22)23/h2-12,17,26-27H,13-16,18H2,1H3,(H,28,31). The van der Waals surface area contributed by atoms with Gasteiger partial charge in [0, 0.05) is 49.6 Å². The van der Waals surface area contributed by atoms with E-state index < -0.39 is 0 Å². The third kappa shape index (κ3) is 4.14. The molecule has 5 heteroatoms. The topological polar surface area (TPSA) is 47.6 Å². The van der Waals surface area contributed by atoms with Crippen LogP contribution in [0.2, 0.25) is 0 Å². The largest absolute Gasteiger partial charge is 0.367 e. The van der Waals surface area contributed by atoms with Gasteiger partial charge in [-0.05, 0) is 36.2 Å². The van der Waals surface area contributed by atoms with Gasteiger partial charge in [0.2, 0.25) is 5.91 Å². The third-order valence-electron chi connectivity index (χ3n) is 6.22. The lowest BCUT2D eigenvalue weighted by Gasteiger charge is -2.36. The molecule has 1 unspecified atom stereocenters. The minimum absolute atomic E-state index is 0.0445. The van der Waals surface area contributed by atoms with E-state index in [0.29, 0.717) is 0 Å². The second-order valence-corrected chi connectivity index (χ2v) is 8.48. The van der Waals surface area contributed by atoms with Gasteiger partial charge in [-0.3, -0.25) is 4.79 Å². The van der Waals surface area contributed by atoms with Gasteiger partial charge >= 0.3 is 0 Å². The molecule has 0 saturated carbocycles. The molecule has 0 bridgehead atoms. The Morgan fingerprint density at radius 3 is 2.65 bits per heavy atom.